The largest absolute Gasteiger partial charge is 0.349 e. The van der Waals surface area contributed by atoms with Crippen molar-refractivity contribution in [2.24, 2.45) is 11.7 Å². The van der Waals surface area contributed by atoms with Crippen LogP contribution in [0, 0.1) is 23.0 Å². The molecule has 7 nitrogen and oxygen atoms in total. The molecule has 138 valence electrons. The number of nitrogens with one attached hydrogen (secondary N) is 1. The van der Waals surface area contributed by atoms with Crippen molar-refractivity contribution in [1.82, 2.24) is 10.3 Å². The number of nitrogens with zero attached hydrogens (tertiary/aromatic N) is 2. The molecule has 1 aliphatic carbocycles. The molecule has 1 aromatic carbocycles. The number of hydrogen-bond acceptors (Lipinski definition) is 7. The van der Waals surface area contributed by atoms with Crippen molar-refractivity contribution in [3.63, 3.8) is 0 Å². The first-order valence-corrected chi connectivity index (χ1v) is 10.1. The Morgan fingerprint density at radius 1 is 1.50 bits per heavy atom. The van der Waals surface area contributed by atoms with Gasteiger partial charge in [-0.3, -0.25) is 14.9 Å². The summed E-state index contributed by atoms with van der Waals surface area (Å²) in [7, 11) is 0. The number of amides is 1. The zero-order chi connectivity index (χ0) is 18.7. The Morgan fingerprint density at radius 3 is 2.96 bits per heavy atom. The summed E-state index contributed by atoms with van der Waals surface area (Å²) in [5, 5.41) is 16.3. The molecule has 2 atom stereocenters. The Kier molecular flexibility index (Phi) is 5.90. The van der Waals surface area contributed by atoms with Crippen LogP contribution in [-0.2, 0) is 0 Å². The summed E-state index contributed by atoms with van der Waals surface area (Å²) in [5.41, 5.74) is 6.83. The Labute approximate surface area is 159 Å². The van der Waals surface area contributed by atoms with E-state index in [0.717, 1.165) is 29.3 Å². The van der Waals surface area contributed by atoms with E-state index in [0.29, 0.717) is 17.0 Å². The molecule has 0 bridgehead atoms. The number of carbonyl (C=O) groups is 1. The van der Waals surface area contributed by atoms with E-state index >= 15 is 0 Å². The standard InChI is InChI=1S/C17H20N4O3S2/c1-10-9-25-17(19-10)26-15-6-5-11(7-14(15)21(23)24)16(22)20-13-4-2-3-12(13)8-18/h5-7,9,12-13H,2-4,8,18H2,1H3,(H,20,22). The van der Waals surface area contributed by atoms with E-state index in [-0.39, 0.29) is 23.6 Å². The minimum atomic E-state index is -0.460. The molecule has 0 saturated heterocycles. The summed E-state index contributed by atoms with van der Waals surface area (Å²) in [6.07, 6.45) is 2.94. The Hall–Kier alpha value is -1.97. The fourth-order valence-electron chi connectivity index (χ4n) is 3.12. The van der Waals surface area contributed by atoms with E-state index in [1.54, 1.807) is 12.1 Å². The molecular formula is C17H20N4O3S2. The van der Waals surface area contributed by atoms with Gasteiger partial charge in [0.05, 0.1) is 9.82 Å². The van der Waals surface area contributed by atoms with Gasteiger partial charge >= 0.3 is 0 Å². The number of carbonyl (C=O) groups excluding carboxylic acids is 1. The molecule has 2 unspecified atom stereocenters. The van der Waals surface area contributed by atoms with E-state index in [9.17, 15) is 14.9 Å². The highest BCUT2D eigenvalue weighted by atomic mass is 32.2. The molecule has 1 heterocycles. The lowest BCUT2D eigenvalue weighted by Gasteiger charge is -2.19. The molecule has 0 aliphatic heterocycles. The third-order valence-electron chi connectivity index (χ3n) is 4.49. The molecule has 1 aromatic heterocycles. The van der Waals surface area contributed by atoms with Crippen LogP contribution in [0.25, 0.3) is 0 Å². The van der Waals surface area contributed by atoms with Gasteiger partial charge in [-0.2, -0.15) is 0 Å². The highest BCUT2D eigenvalue weighted by molar-refractivity contribution is 8.01. The van der Waals surface area contributed by atoms with Crippen LogP contribution in [0.2, 0.25) is 0 Å². The number of rotatable bonds is 6. The number of hydrogen-bond donors (Lipinski definition) is 2. The summed E-state index contributed by atoms with van der Waals surface area (Å²) in [6.45, 7) is 2.41. The predicted molar refractivity (Wildman–Crippen MR) is 102 cm³/mol. The summed E-state index contributed by atoms with van der Waals surface area (Å²) < 4.78 is 0.736. The number of nitro groups is 1. The number of nitrogens with two attached hydrogens (primary N) is 1. The molecule has 9 heteroatoms. The molecule has 3 rings (SSSR count). The molecule has 26 heavy (non-hydrogen) atoms. The SMILES string of the molecule is Cc1csc(Sc2ccc(C(=O)NC3CCCC3CN)cc2[N+](=O)[O-])n1. The zero-order valence-electron chi connectivity index (χ0n) is 14.3. The molecular weight excluding hydrogens is 372 g/mol. The van der Waals surface area contributed by atoms with Crippen molar-refractivity contribution < 1.29 is 9.72 Å². The highest BCUT2D eigenvalue weighted by Crippen LogP contribution is 2.37. The van der Waals surface area contributed by atoms with Crippen LogP contribution in [0.5, 0.6) is 0 Å². The number of aryl methyl sites for hydroxylation is 1. The van der Waals surface area contributed by atoms with Gasteiger partial charge in [-0.05, 0) is 44.4 Å². The minimum absolute atomic E-state index is 0.0406. The number of aromatic nitrogens is 1. The summed E-state index contributed by atoms with van der Waals surface area (Å²) >= 11 is 2.68. The first-order chi connectivity index (χ1) is 12.5. The normalized spacial score (nSPS) is 19.5. The lowest BCUT2D eigenvalue weighted by molar-refractivity contribution is -0.387. The smallest absolute Gasteiger partial charge is 0.284 e. The lowest BCUT2D eigenvalue weighted by atomic mass is 10.0. The first-order valence-electron chi connectivity index (χ1n) is 8.37. The van der Waals surface area contributed by atoms with Crippen LogP contribution >= 0.6 is 23.1 Å². The molecule has 2 aromatic rings. The summed E-state index contributed by atoms with van der Waals surface area (Å²) in [4.78, 5) is 28.3. The maximum atomic E-state index is 12.5. The third kappa shape index (κ3) is 4.22. The number of nitro benzene ring substituents is 1. The third-order valence-corrected chi connectivity index (χ3v) is 6.61. The Balaban J connectivity index is 1.79. The minimum Gasteiger partial charge on any atom is -0.349 e. The fourth-order valence-corrected chi connectivity index (χ4v) is 5.00. The van der Waals surface area contributed by atoms with E-state index in [2.05, 4.69) is 10.3 Å². The van der Waals surface area contributed by atoms with Crippen molar-refractivity contribution >= 4 is 34.7 Å². The average molecular weight is 393 g/mol. The Morgan fingerprint density at radius 2 is 2.31 bits per heavy atom. The molecule has 1 saturated carbocycles. The van der Waals surface area contributed by atoms with E-state index in [1.165, 1.54) is 29.2 Å². The van der Waals surface area contributed by atoms with Gasteiger partial charge < -0.3 is 11.1 Å². The van der Waals surface area contributed by atoms with Gasteiger partial charge in [0.15, 0.2) is 4.34 Å². The molecule has 3 N–H and O–H groups in total. The van der Waals surface area contributed by atoms with Gasteiger partial charge in [-0.15, -0.1) is 11.3 Å². The number of benzene rings is 1. The summed E-state index contributed by atoms with van der Waals surface area (Å²) in [6, 6.07) is 4.62. The van der Waals surface area contributed by atoms with Crippen molar-refractivity contribution in [3.05, 3.63) is 45.0 Å². The van der Waals surface area contributed by atoms with Crippen LogP contribution in [0.15, 0.2) is 32.8 Å². The second-order valence-electron chi connectivity index (χ2n) is 6.30. The van der Waals surface area contributed by atoms with E-state index in [1.807, 2.05) is 12.3 Å². The van der Waals surface area contributed by atoms with Gasteiger partial charge in [0.1, 0.15) is 0 Å². The molecule has 1 aliphatic rings. The maximum Gasteiger partial charge on any atom is 0.284 e. The van der Waals surface area contributed by atoms with Crippen LogP contribution in [0.3, 0.4) is 0 Å². The lowest BCUT2D eigenvalue weighted by Crippen LogP contribution is -2.39. The van der Waals surface area contributed by atoms with Gasteiger partial charge in [0, 0.05) is 28.7 Å². The van der Waals surface area contributed by atoms with Crippen LogP contribution < -0.4 is 11.1 Å². The molecule has 1 fully saturated rings. The second-order valence-corrected chi connectivity index (χ2v) is 8.45. The van der Waals surface area contributed by atoms with Crippen LogP contribution in [-0.4, -0.2) is 28.4 Å². The maximum absolute atomic E-state index is 12.5. The quantitative estimate of drug-likeness (QED) is 0.576. The van der Waals surface area contributed by atoms with Crippen LogP contribution in [0.4, 0.5) is 5.69 Å². The van der Waals surface area contributed by atoms with Gasteiger partial charge in [0.2, 0.25) is 0 Å². The van der Waals surface area contributed by atoms with Crippen molar-refractivity contribution in [1.29, 1.82) is 0 Å². The summed E-state index contributed by atoms with van der Waals surface area (Å²) in [5.74, 6) is -0.0167. The van der Waals surface area contributed by atoms with Crippen molar-refractivity contribution in [2.75, 3.05) is 6.54 Å². The van der Waals surface area contributed by atoms with Crippen molar-refractivity contribution in [3.8, 4) is 0 Å². The first kappa shape index (κ1) is 18.8. The predicted octanol–water partition coefficient (Wildman–Crippen LogP) is 3.37. The fraction of sp³-hybridized carbons (Fsp3) is 0.412. The monoisotopic (exact) mass is 392 g/mol. The molecule has 0 spiro atoms. The average Bonchev–Trinajstić information content (AvgIpc) is 3.23. The van der Waals surface area contributed by atoms with Crippen molar-refractivity contribution in [2.45, 2.75) is 41.5 Å². The van der Waals surface area contributed by atoms with Crippen LogP contribution in [0.1, 0.15) is 35.3 Å². The highest BCUT2D eigenvalue weighted by Gasteiger charge is 2.28. The number of thiazole rings is 1. The zero-order valence-corrected chi connectivity index (χ0v) is 15.9. The van der Waals surface area contributed by atoms with Gasteiger partial charge in [-0.1, -0.05) is 18.2 Å². The molecule has 0 radical (unpaired) electrons. The van der Waals surface area contributed by atoms with E-state index < -0.39 is 4.92 Å². The second kappa shape index (κ2) is 8.15. The molecule has 1 amide bonds. The van der Waals surface area contributed by atoms with E-state index in [4.69, 9.17) is 5.73 Å². The van der Waals surface area contributed by atoms with Gasteiger partial charge in [-0.25, -0.2) is 4.98 Å². The Bertz CT molecular complexity index is 824. The van der Waals surface area contributed by atoms with Gasteiger partial charge in [0.25, 0.3) is 11.6 Å². The topological polar surface area (TPSA) is 111 Å².